The van der Waals surface area contributed by atoms with Gasteiger partial charge in [0, 0.05) is 12.0 Å². The van der Waals surface area contributed by atoms with Crippen molar-refractivity contribution in [3.8, 4) is 0 Å². The van der Waals surface area contributed by atoms with Crippen molar-refractivity contribution in [1.29, 1.82) is 0 Å². The van der Waals surface area contributed by atoms with Crippen molar-refractivity contribution in [2.45, 2.75) is 83.3 Å². The van der Waals surface area contributed by atoms with Crippen molar-refractivity contribution in [3.05, 3.63) is 12.2 Å². The molecular formula is C20H30O4. The molecule has 3 rings (SSSR count). The quantitative estimate of drug-likeness (QED) is 0.518. The summed E-state index contributed by atoms with van der Waals surface area (Å²) >= 11 is 0. The van der Waals surface area contributed by atoms with Gasteiger partial charge in [-0.1, -0.05) is 26.3 Å². The lowest BCUT2D eigenvalue weighted by atomic mass is 9.94. The number of ether oxygens (including phenoxy) is 2. The van der Waals surface area contributed by atoms with E-state index in [1.807, 2.05) is 0 Å². The third-order valence-corrected chi connectivity index (χ3v) is 6.00. The molecule has 0 aromatic carbocycles. The van der Waals surface area contributed by atoms with E-state index in [1.54, 1.807) is 0 Å². The van der Waals surface area contributed by atoms with Crippen LogP contribution in [-0.4, -0.2) is 24.1 Å². The smallest absolute Gasteiger partial charge is 0.333 e. The first-order valence-corrected chi connectivity index (χ1v) is 9.69. The van der Waals surface area contributed by atoms with E-state index in [0.29, 0.717) is 29.7 Å². The van der Waals surface area contributed by atoms with Gasteiger partial charge >= 0.3 is 11.9 Å². The average molecular weight is 334 g/mol. The molecule has 3 aliphatic carbocycles. The Morgan fingerprint density at radius 1 is 0.958 bits per heavy atom. The zero-order chi connectivity index (χ0) is 17.1. The van der Waals surface area contributed by atoms with Gasteiger partial charge in [0.15, 0.2) is 0 Å². The molecule has 2 atom stereocenters. The minimum Gasteiger partial charge on any atom is -0.462 e. The summed E-state index contributed by atoms with van der Waals surface area (Å²) in [7, 11) is 0. The average Bonchev–Trinajstić information content (AvgIpc) is 3.05. The molecule has 134 valence electrons. The molecule has 0 amide bonds. The molecule has 4 nitrogen and oxygen atoms in total. The van der Waals surface area contributed by atoms with E-state index >= 15 is 0 Å². The van der Waals surface area contributed by atoms with Gasteiger partial charge in [-0.05, 0) is 62.7 Å². The van der Waals surface area contributed by atoms with Crippen LogP contribution >= 0.6 is 0 Å². The Labute approximate surface area is 145 Å². The maximum absolute atomic E-state index is 12.3. The molecule has 24 heavy (non-hydrogen) atoms. The zero-order valence-corrected chi connectivity index (χ0v) is 14.8. The molecule has 4 heteroatoms. The Kier molecular flexibility index (Phi) is 5.62. The third kappa shape index (κ3) is 4.01. The zero-order valence-electron chi connectivity index (χ0n) is 14.8. The minimum absolute atomic E-state index is 0.00435. The van der Waals surface area contributed by atoms with Crippen molar-refractivity contribution in [1.82, 2.24) is 0 Å². The second-order valence-corrected chi connectivity index (χ2v) is 7.71. The fourth-order valence-corrected chi connectivity index (χ4v) is 4.54. The first kappa shape index (κ1) is 17.5. The molecule has 0 heterocycles. The maximum Gasteiger partial charge on any atom is 0.333 e. The first-order chi connectivity index (χ1) is 11.6. The molecule has 0 aromatic heterocycles. The van der Waals surface area contributed by atoms with Gasteiger partial charge in [0.1, 0.15) is 12.2 Å². The Bertz CT molecular complexity index is 480. The highest BCUT2D eigenvalue weighted by atomic mass is 16.6. The molecule has 0 radical (unpaired) electrons. The topological polar surface area (TPSA) is 52.6 Å². The summed E-state index contributed by atoms with van der Waals surface area (Å²) in [6.45, 7) is 6.07. The summed E-state index contributed by atoms with van der Waals surface area (Å²) in [6.07, 6.45) is 9.28. The normalized spacial score (nSPS) is 34.3. The van der Waals surface area contributed by atoms with Crippen molar-refractivity contribution in [3.63, 3.8) is 0 Å². The number of hydrogen-bond donors (Lipinski definition) is 0. The van der Waals surface area contributed by atoms with Crippen LogP contribution in [0.3, 0.4) is 0 Å². The SMILES string of the molecule is C=C(C(=O)OC1CCC(OC(=O)CCCC)CC1)C1C2CCCC21. The van der Waals surface area contributed by atoms with Crippen LogP contribution in [0.1, 0.15) is 71.1 Å². The van der Waals surface area contributed by atoms with E-state index in [2.05, 4.69) is 13.5 Å². The Balaban J connectivity index is 1.35. The monoisotopic (exact) mass is 334 g/mol. The van der Waals surface area contributed by atoms with Crippen molar-refractivity contribution >= 4 is 11.9 Å². The summed E-state index contributed by atoms with van der Waals surface area (Å²) in [5, 5.41) is 0. The largest absolute Gasteiger partial charge is 0.462 e. The summed E-state index contributed by atoms with van der Waals surface area (Å²) in [5.74, 6) is 1.50. The van der Waals surface area contributed by atoms with Crippen LogP contribution in [0.2, 0.25) is 0 Å². The van der Waals surface area contributed by atoms with Crippen LogP contribution < -0.4 is 0 Å². The van der Waals surface area contributed by atoms with Gasteiger partial charge in [-0.2, -0.15) is 0 Å². The number of fused-ring (bicyclic) bond motifs is 1. The highest BCUT2D eigenvalue weighted by molar-refractivity contribution is 5.89. The second-order valence-electron chi connectivity index (χ2n) is 7.71. The van der Waals surface area contributed by atoms with E-state index < -0.39 is 0 Å². The summed E-state index contributed by atoms with van der Waals surface area (Å²) < 4.78 is 11.2. The van der Waals surface area contributed by atoms with Gasteiger partial charge in [-0.3, -0.25) is 4.79 Å². The van der Waals surface area contributed by atoms with Crippen molar-refractivity contribution in [2.24, 2.45) is 17.8 Å². The van der Waals surface area contributed by atoms with E-state index in [1.165, 1.54) is 19.3 Å². The number of carbonyl (C=O) groups excluding carboxylic acids is 2. The molecule has 3 saturated carbocycles. The van der Waals surface area contributed by atoms with Gasteiger partial charge < -0.3 is 9.47 Å². The highest BCUT2D eigenvalue weighted by Crippen LogP contribution is 2.60. The van der Waals surface area contributed by atoms with Gasteiger partial charge in [-0.15, -0.1) is 0 Å². The minimum atomic E-state index is -0.196. The fourth-order valence-electron chi connectivity index (χ4n) is 4.54. The predicted octanol–water partition coefficient (Wildman–Crippen LogP) is 4.18. The van der Waals surface area contributed by atoms with Crippen LogP contribution in [0, 0.1) is 17.8 Å². The molecule has 0 aliphatic heterocycles. The number of unbranched alkanes of at least 4 members (excludes halogenated alkanes) is 1. The molecule has 0 N–H and O–H groups in total. The van der Waals surface area contributed by atoms with Gasteiger partial charge in [-0.25, -0.2) is 4.79 Å². The van der Waals surface area contributed by atoms with Gasteiger partial charge in [0.05, 0.1) is 0 Å². The van der Waals surface area contributed by atoms with E-state index in [0.717, 1.165) is 38.5 Å². The van der Waals surface area contributed by atoms with Crippen molar-refractivity contribution < 1.29 is 19.1 Å². The van der Waals surface area contributed by atoms with Crippen LogP contribution in [0.15, 0.2) is 12.2 Å². The number of carbonyl (C=O) groups is 2. The molecule has 3 aliphatic rings. The number of hydrogen-bond acceptors (Lipinski definition) is 4. The lowest BCUT2D eigenvalue weighted by Crippen LogP contribution is -2.30. The summed E-state index contributed by atoms with van der Waals surface area (Å²) in [4.78, 5) is 24.0. The van der Waals surface area contributed by atoms with Crippen LogP contribution in [-0.2, 0) is 19.1 Å². The molecule has 0 aromatic rings. The molecule has 0 saturated heterocycles. The molecule has 0 spiro atoms. The van der Waals surface area contributed by atoms with Gasteiger partial charge in [0.25, 0.3) is 0 Å². The first-order valence-electron chi connectivity index (χ1n) is 9.69. The predicted molar refractivity (Wildman–Crippen MR) is 91.2 cm³/mol. The summed E-state index contributed by atoms with van der Waals surface area (Å²) in [5.41, 5.74) is 0.692. The molecule has 3 fully saturated rings. The third-order valence-electron chi connectivity index (χ3n) is 6.00. The van der Waals surface area contributed by atoms with E-state index in [9.17, 15) is 9.59 Å². The second kappa shape index (κ2) is 7.71. The standard InChI is InChI=1S/C20H30O4/c1-3-4-8-18(21)23-14-9-11-15(12-10-14)24-20(22)13(2)19-16-6-5-7-17(16)19/h14-17,19H,2-12H2,1H3. The lowest BCUT2D eigenvalue weighted by Gasteiger charge is -2.28. The van der Waals surface area contributed by atoms with Crippen molar-refractivity contribution in [2.75, 3.05) is 0 Å². The number of esters is 2. The van der Waals surface area contributed by atoms with Crippen LogP contribution in [0.4, 0.5) is 0 Å². The molecule has 0 bridgehead atoms. The van der Waals surface area contributed by atoms with E-state index in [4.69, 9.17) is 9.47 Å². The highest BCUT2D eigenvalue weighted by Gasteiger charge is 2.55. The Morgan fingerprint density at radius 3 is 2.12 bits per heavy atom. The van der Waals surface area contributed by atoms with E-state index in [-0.39, 0.29) is 24.1 Å². The summed E-state index contributed by atoms with van der Waals surface area (Å²) in [6, 6.07) is 0. The Morgan fingerprint density at radius 2 is 1.54 bits per heavy atom. The Hall–Kier alpha value is -1.32. The lowest BCUT2D eigenvalue weighted by molar-refractivity contribution is -0.156. The molecule has 2 unspecified atom stereocenters. The fraction of sp³-hybridized carbons (Fsp3) is 0.800. The van der Waals surface area contributed by atoms with Gasteiger partial charge in [0.2, 0.25) is 0 Å². The van der Waals surface area contributed by atoms with Crippen LogP contribution in [0.5, 0.6) is 0 Å². The molecular weight excluding hydrogens is 304 g/mol. The number of rotatable bonds is 7. The van der Waals surface area contributed by atoms with Crippen LogP contribution in [0.25, 0.3) is 0 Å². The maximum atomic E-state index is 12.3.